The van der Waals surface area contributed by atoms with E-state index in [0.717, 1.165) is 20.8 Å². The molecule has 0 unspecified atom stereocenters. The van der Waals surface area contributed by atoms with E-state index in [9.17, 15) is 0 Å². The Kier molecular flexibility index (Phi) is 3.00. The number of hydrogen-bond acceptors (Lipinski definition) is 6. The molecule has 0 bridgehead atoms. The van der Waals surface area contributed by atoms with Crippen LogP contribution in [0.4, 0.5) is 5.13 Å². The fourth-order valence-corrected chi connectivity index (χ4v) is 2.50. The minimum absolute atomic E-state index is 0.847. The molecule has 0 aliphatic rings. The van der Waals surface area contributed by atoms with Gasteiger partial charge in [0.05, 0.1) is 6.20 Å². The molecule has 0 aliphatic heterocycles. The lowest BCUT2D eigenvalue weighted by Crippen LogP contribution is -1.84. The minimum Gasteiger partial charge on any atom is -0.363 e. The first-order valence-corrected chi connectivity index (χ1v) is 5.80. The summed E-state index contributed by atoms with van der Waals surface area (Å²) in [5.41, 5.74) is 1.16. The van der Waals surface area contributed by atoms with Crippen molar-refractivity contribution in [3.8, 4) is 0 Å². The zero-order valence-electron chi connectivity index (χ0n) is 7.52. The summed E-state index contributed by atoms with van der Waals surface area (Å²) < 4.78 is 0.968. The Morgan fingerprint density at radius 2 is 2.50 bits per heavy atom. The minimum atomic E-state index is 0.847. The summed E-state index contributed by atoms with van der Waals surface area (Å²) >= 11 is 3.21. The number of thioether (sulfide) groups is 1. The van der Waals surface area contributed by atoms with Crippen LogP contribution in [0.5, 0.6) is 0 Å². The lowest BCUT2D eigenvalue weighted by Gasteiger charge is -1.91. The average Bonchev–Trinajstić information content (AvgIpc) is 2.86. The van der Waals surface area contributed by atoms with Crippen LogP contribution in [0.25, 0.3) is 0 Å². The van der Waals surface area contributed by atoms with Crippen LogP contribution in [0.2, 0.25) is 0 Å². The maximum absolute atomic E-state index is 4.02. The molecule has 0 saturated heterocycles. The van der Waals surface area contributed by atoms with Crippen molar-refractivity contribution in [2.75, 3.05) is 12.4 Å². The molecule has 0 fully saturated rings. The number of hydrogen-bond donors (Lipinski definition) is 2. The van der Waals surface area contributed by atoms with Crippen molar-refractivity contribution in [2.45, 2.75) is 10.1 Å². The average molecular weight is 227 g/mol. The van der Waals surface area contributed by atoms with Gasteiger partial charge in [0, 0.05) is 24.6 Å². The molecule has 2 heterocycles. The summed E-state index contributed by atoms with van der Waals surface area (Å²) in [4.78, 5) is 0. The zero-order valence-corrected chi connectivity index (χ0v) is 9.15. The van der Waals surface area contributed by atoms with Gasteiger partial charge in [0.15, 0.2) is 4.34 Å². The number of H-pyrrole nitrogens is 1. The topological polar surface area (TPSA) is 66.5 Å². The lowest BCUT2D eigenvalue weighted by molar-refractivity contribution is 1.01. The number of aromatic nitrogens is 4. The quantitative estimate of drug-likeness (QED) is 0.776. The van der Waals surface area contributed by atoms with E-state index < -0.39 is 0 Å². The van der Waals surface area contributed by atoms with Crippen molar-refractivity contribution >= 4 is 28.2 Å². The van der Waals surface area contributed by atoms with Gasteiger partial charge in [0.2, 0.25) is 5.13 Å². The third-order valence-electron chi connectivity index (χ3n) is 1.54. The van der Waals surface area contributed by atoms with E-state index >= 15 is 0 Å². The van der Waals surface area contributed by atoms with E-state index in [4.69, 9.17) is 0 Å². The predicted molar refractivity (Wildman–Crippen MR) is 57.6 cm³/mol. The molecule has 7 heteroatoms. The van der Waals surface area contributed by atoms with Crippen molar-refractivity contribution in [2.24, 2.45) is 0 Å². The first-order valence-electron chi connectivity index (χ1n) is 4.00. The highest BCUT2D eigenvalue weighted by molar-refractivity contribution is 8.00. The van der Waals surface area contributed by atoms with Crippen LogP contribution in [0.1, 0.15) is 5.56 Å². The smallest absolute Gasteiger partial charge is 0.206 e. The van der Waals surface area contributed by atoms with E-state index in [1.807, 2.05) is 19.4 Å². The van der Waals surface area contributed by atoms with E-state index in [2.05, 4.69) is 25.7 Å². The molecule has 0 spiro atoms. The maximum atomic E-state index is 4.02. The summed E-state index contributed by atoms with van der Waals surface area (Å²) in [7, 11) is 1.84. The number of rotatable bonds is 4. The Labute approximate surface area is 89.3 Å². The van der Waals surface area contributed by atoms with E-state index in [0.29, 0.717) is 0 Å². The molecule has 0 atom stereocenters. The fraction of sp³-hybridized carbons (Fsp3) is 0.286. The molecule has 2 aromatic heterocycles. The molecule has 0 aromatic carbocycles. The van der Waals surface area contributed by atoms with Gasteiger partial charge in [-0.15, -0.1) is 10.2 Å². The van der Waals surface area contributed by atoms with Crippen LogP contribution in [0.3, 0.4) is 0 Å². The van der Waals surface area contributed by atoms with Crippen molar-refractivity contribution < 1.29 is 0 Å². The van der Waals surface area contributed by atoms with Crippen molar-refractivity contribution in [1.82, 2.24) is 20.4 Å². The molecule has 0 radical (unpaired) electrons. The first-order chi connectivity index (χ1) is 6.88. The molecule has 2 aromatic rings. The number of anilines is 1. The normalized spacial score (nSPS) is 10.4. The molecule has 5 nitrogen and oxygen atoms in total. The van der Waals surface area contributed by atoms with Crippen LogP contribution in [0, 0.1) is 0 Å². The summed E-state index contributed by atoms with van der Waals surface area (Å²) in [5, 5.41) is 18.4. The Morgan fingerprint density at radius 1 is 1.57 bits per heavy atom. The van der Waals surface area contributed by atoms with Crippen LogP contribution < -0.4 is 5.32 Å². The molecule has 0 amide bonds. The van der Waals surface area contributed by atoms with Crippen LogP contribution in [0.15, 0.2) is 16.7 Å². The molecule has 14 heavy (non-hydrogen) atoms. The predicted octanol–water partition coefficient (Wildman–Crippen LogP) is 1.60. The lowest BCUT2D eigenvalue weighted by atomic mass is 10.4. The molecule has 0 saturated carbocycles. The largest absolute Gasteiger partial charge is 0.363 e. The molecule has 0 aliphatic carbocycles. The van der Waals surface area contributed by atoms with E-state index in [-0.39, 0.29) is 0 Å². The second-order valence-electron chi connectivity index (χ2n) is 2.52. The first kappa shape index (κ1) is 9.47. The molecule has 2 rings (SSSR count). The van der Waals surface area contributed by atoms with Gasteiger partial charge in [-0.1, -0.05) is 23.1 Å². The van der Waals surface area contributed by atoms with Gasteiger partial charge in [-0.25, -0.2) is 0 Å². The van der Waals surface area contributed by atoms with Crippen molar-refractivity contribution in [1.29, 1.82) is 0 Å². The van der Waals surface area contributed by atoms with E-state index in [1.54, 1.807) is 23.1 Å². The highest BCUT2D eigenvalue weighted by Crippen LogP contribution is 2.27. The van der Waals surface area contributed by atoms with E-state index in [1.165, 1.54) is 0 Å². The van der Waals surface area contributed by atoms with Gasteiger partial charge in [-0.3, -0.25) is 5.10 Å². The third kappa shape index (κ3) is 2.24. The Bertz CT molecular complexity index is 382. The highest BCUT2D eigenvalue weighted by Gasteiger charge is 2.03. The molecule has 2 N–H and O–H groups in total. The second kappa shape index (κ2) is 4.43. The standard InChI is InChI=1S/C7H9N5S2/c1-8-6-11-12-7(14-6)13-4-5-2-9-10-3-5/h2-3H,4H2,1H3,(H,8,11)(H,9,10). The molecular weight excluding hydrogens is 218 g/mol. The summed E-state index contributed by atoms with van der Waals surface area (Å²) in [6.07, 6.45) is 3.69. The highest BCUT2D eigenvalue weighted by atomic mass is 32.2. The number of nitrogens with one attached hydrogen (secondary N) is 2. The van der Waals surface area contributed by atoms with Gasteiger partial charge in [0.1, 0.15) is 0 Å². The maximum Gasteiger partial charge on any atom is 0.206 e. The SMILES string of the molecule is CNc1nnc(SCc2cn[nH]c2)s1. The summed E-state index contributed by atoms with van der Waals surface area (Å²) in [6, 6.07) is 0. The summed E-state index contributed by atoms with van der Waals surface area (Å²) in [5.74, 6) is 0.870. The van der Waals surface area contributed by atoms with Gasteiger partial charge in [-0.2, -0.15) is 5.10 Å². The monoisotopic (exact) mass is 227 g/mol. The molecular formula is C7H9N5S2. The van der Waals surface area contributed by atoms with Crippen LogP contribution in [-0.4, -0.2) is 27.4 Å². The van der Waals surface area contributed by atoms with Gasteiger partial charge >= 0.3 is 0 Å². The van der Waals surface area contributed by atoms with Crippen LogP contribution in [-0.2, 0) is 5.75 Å². The Morgan fingerprint density at radius 3 is 3.14 bits per heavy atom. The summed E-state index contributed by atoms with van der Waals surface area (Å²) in [6.45, 7) is 0. The van der Waals surface area contributed by atoms with Gasteiger partial charge < -0.3 is 5.32 Å². The van der Waals surface area contributed by atoms with Gasteiger partial charge in [-0.05, 0) is 0 Å². The Balaban J connectivity index is 1.92. The van der Waals surface area contributed by atoms with Gasteiger partial charge in [0.25, 0.3) is 0 Å². The zero-order chi connectivity index (χ0) is 9.80. The number of aromatic amines is 1. The number of nitrogens with zero attached hydrogens (tertiary/aromatic N) is 3. The fourth-order valence-electron chi connectivity index (χ4n) is 0.871. The third-order valence-corrected chi connectivity index (χ3v) is 3.68. The second-order valence-corrected chi connectivity index (χ2v) is 4.72. The molecule has 74 valence electrons. The van der Waals surface area contributed by atoms with Crippen molar-refractivity contribution in [3.05, 3.63) is 18.0 Å². The van der Waals surface area contributed by atoms with Crippen LogP contribution >= 0.6 is 23.1 Å². The Hall–Kier alpha value is -1.08. The van der Waals surface area contributed by atoms with Crippen molar-refractivity contribution in [3.63, 3.8) is 0 Å².